The number of hydrogen-bond donors (Lipinski definition) is 2. The molecule has 0 fully saturated rings. The number of hydrogen-bond acceptors (Lipinski definition) is 4. The molecular weight excluding hydrogens is 277 g/mol. The first-order valence-corrected chi connectivity index (χ1v) is 7.11. The zero-order chi connectivity index (χ0) is 14.5. The smallest absolute Gasteiger partial charge is 0.275 e. The number of amides is 1. The quantitative estimate of drug-likeness (QED) is 0.506. The third-order valence-corrected chi connectivity index (χ3v) is 3.96. The van der Waals surface area contributed by atoms with Crippen LogP contribution in [0.1, 0.15) is 22.2 Å². The number of carbonyl (C=O) groups is 1. The van der Waals surface area contributed by atoms with E-state index >= 15 is 0 Å². The molecule has 0 spiro atoms. The first-order chi connectivity index (χ1) is 9.65. The summed E-state index contributed by atoms with van der Waals surface area (Å²) in [5.41, 5.74) is 3.81. The van der Waals surface area contributed by atoms with E-state index in [1.165, 1.54) is 23.5 Å². The molecule has 0 aliphatic carbocycles. The van der Waals surface area contributed by atoms with Crippen molar-refractivity contribution in [2.24, 2.45) is 5.84 Å². The summed E-state index contributed by atoms with van der Waals surface area (Å²) in [6, 6.07) is 8.31. The highest BCUT2D eigenvalue weighted by Crippen LogP contribution is 2.22. The van der Waals surface area contributed by atoms with E-state index in [0.29, 0.717) is 18.0 Å². The van der Waals surface area contributed by atoms with Crippen molar-refractivity contribution >= 4 is 22.9 Å². The molecule has 1 heterocycles. The Balaban J connectivity index is 2.23. The van der Waals surface area contributed by atoms with Gasteiger partial charge in [-0.1, -0.05) is 6.07 Å². The largest absolute Gasteiger partial charge is 0.367 e. The van der Waals surface area contributed by atoms with Gasteiger partial charge in [-0.15, -0.1) is 11.3 Å². The lowest BCUT2D eigenvalue weighted by Gasteiger charge is -2.23. The fraction of sp³-hybridized carbons (Fsp3) is 0.214. The van der Waals surface area contributed by atoms with Crippen molar-refractivity contribution in [2.45, 2.75) is 13.5 Å². The molecule has 2 rings (SSSR count). The van der Waals surface area contributed by atoms with Crippen LogP contribution < -0.4 is 16.2 Å². The van der Waals surface area contributed by atoms with Crippen LogP contribution in [0.5, 0.6) is 0 Å². The molecule has 106 valence electrons. The van der Waals surface area contributed by atoms with Gasteiger partial charge < -0.3 is 4.90 Å². The number of anilines is 1. The van der Waals surface area contributed by atoms with Crippen molar-refractivity contribution in [2.75, 3.05) is 11.4 Å². The molecular formula is C14H16FN3OS. The van der Waals surface area contributed by atoms with E-state index < -0.39 is 0 Å². The summed E-state index contributed by atoms with van der Waals surface area (Å²) in [4.78, 5) is 14.2. The Morgan fingerprint density at radius 1 is 1.45 bits per heavy atom. The number of nitrogen functional groups attached to an aromatic ring is 1. The van der Waals surface area contributed by atoms with Crippen LogP contribution in [-0.4, -0.2) is 12.5 Å². The Morgan fingerprint density at radius 3 is 2.90 bits per heavy atom. The monoisotopic (exact) mass is 293 g/mol. The second-order valence-corrected chi connectivity index (χ2v) is 5.16. The second kappa shape index (κ2) is 6.49. The molecule has 1 amide bonds. The highest BCUT2D eigenvalue weighted by atomic mass is 32.1. The molecule has 6 heteroatoms. The molecule has 1 aromatic carbocycles. The van der Waals surface area contributed by atoms with Crippen LogP contribution in [-0.2, 0) is 6.54 Å². The van der Waals surface area contributed by atoms with Crippen molar-refractivity contribution in [3.63, 3.8) is 0 Å². The van der Waals surface area contributed by atoms with E-state index in [4.69, 9.17) is 5.84 Å². The molecule has 0 aliphatic rings. The fourth-order valence-corrected chi connectivity index (χ4v) is 2.81. The van der Waals surface area contributed by atoms with Gasteiger partial charge >= 0.3 is 0 Å². The van der Waals surface area contributed by atoms with Gasteiger partial charge in [-0.2, -0.15) is 0 Å². The van der Waals surface area contributed by atoms with Crippen LogP contribution in [0.4, 0.5) is 10.1 Å². The third kappa shape index (κ3) is 3.15. The predicted octanol–water partition coefficient (Wildman–Crippen LogP) is 2.52. The third-order valence-electron chi connectivity index (χ3n) is 3.00. The lowest BCUT2D eigenvalue weighted by atomic mass is 10.2. The maximum absolute atomic E-state index is 13.3. The van der Waals surface area contributed by atoms with Crippen LogP contribution in [0.3, 0.4) is 0 Å². The van der Waals surface area contributed by atoms with Crippen LogP contribution in [0.25, 0.3) is 0 Å². The van der Waals surface area contributed by atoms with E-state index in [9.17, 15) is 9.18 Å². The van der Waals surface area contributed by atoms with Gasteiger partial charge in [-0.25, -0.2) is 10.2 Å². The summed E-state index contributed by atoms with van der Waals surface area (Å²) < 4.78 is 13.3. The zero-order valence-electron chi connectivity index (χ0n) is 11.1. The molecule has 2 aromatic rings. The van der Waals surface area contributed by atoms with Crippen molar-refractivity contribution in [3.8, 4) is 0 Å². The minimum atomic E-state index is -0.301. The first-order valence-electron chi connectivity index (χ1n) is 6.23. The number of halogens is 1. The van der Waals surface area contributed by atoms with Crippen LogP contribution in [0.2, 0.25) is 0 Å². The number of nitrogens with zero attached hydrogens (tertiary/aromatic N) is 1. The van der Waals surface area contributed by atoms with E-state index in [-0.39, 0.29) is 11.7 Å². The van der Waals surface area contributed by atoms with Gasteiger partial charge in [0.05, 0.1) is 4.88 Å². The van der Waals surface area contributed by atoms with Gasteiger partial charge in [0.15, 0.2) is 0 Å². The second-order valence-electron chi connectivity index (χ2n) is 4.24. The Bertz CT molecular complexity index is 600. The lowest BCUT2D eigenvalue weighted by Crippen LogP contribution is -2.31. The molecule has 0 radical (unpaired) electrons. The van der Waals surface area contributed by atoms with Gasteiger partial charge in [0.1, 0.15) is 5.82 Å². The summed E-state index contributed by atoms with van der Waals surface area (Å²) in [6.45, 7) is 3.23. The van der Waals surface area contributed by atoms with Gasteiger partial charge in [-0.05, 0) is 42.1 Å². The maximum atomic E-state index is 13.3. The van der Waals surface area contributed by atoms with E-state index in [1.807, 2.05) is 29.3 Å². The van der Waals surface area contributed by atoms with Crippen molar-refractivity contribution < 1.29 is 9.18 Å². The molecule has 0 bridgehead atoms. The number of rotatable bonds is 5. The maximum Gasteiger partial charge on any atom is 0.275 e. The standard InChI is InChI=1S/C14H16FN3OS/c1-2-18(12-5-3-4-11(15)8-12)9-10-6-7-20-13(10)14(19)17-16/h3-8H,2,9,16H2,1H3,(H,17,19). The SMILES string of the molecule is CCN(Cc1ccsc1C(=O)NN)c1cccc(F)c1. The molecule has 0 aliphatic heterocycles. The predicted molar refractivity (Wildman–Crippen MR) is 79.1 cm³/mol. The van der Waals surface area contributed by atoms with Gasteiger partial charge in [0, 0.05) is 18.8 Å². The molecule has 0 saturated heterocycles. The van der Waals surface area contributed by atoms with Crippen molar-refractivity contribution in [1.82, 2.24) is 5.43 Å². The van der Waals surface area contributed by atoms with Gasteiger partial charge in [0.25, 0.3) is 5.91 Å². The first kappa shape index (κ1) is 14.5. The Kier molecular flexibility index (Phi) is 4.70. The number of benzene rings is 1. The Morgan fingerprint density at radius 2 is 2.25 bits per heavy atom. The number of nitrogens with one attached hydrogen (secondary N) is 1. The average Bonchev–Trinajstić information content (AvgIpc) is 2.92. The molecule has 0 atom stereocenters. The number of hydrazine groups is 1. The number of carbonyl (C=O) groups excluding carboxylic acids is 1. The normalized spacial score (nSPS) is 10.3. The summed E-state index contributed by atoms with van der Waals surface area (Å²) in [5.74, 6) is 4.60. The summed E-state index contributed by atoms with van der Waals surface area (Å²) in [6.07, 6.45) is 0. The minimum Gasteiger partial charge on any atom is -0.367 e. The highest BCUT2D eigenvalue weighted by molar-refractivity contribution is 7.12. The summed E-state index contributed by atoms with van der Waals surface area (Å²) >= 11 is 1.34. The number of nitrogens with two attached hydrogens (primary N) is 1. The highest BCUT2D eigenvalue weighted by Gasteiger charge is 2.15. The van der Waals surface area contributed by atoms with Gasteiger partial charge in [-0.3, -0.25) is 10.2 Å². The zero-order valence-corrected chi connectivity index (χ0v) is 11.9. The minimum absolute atomic E-state index is 0.272. The van der Waals surface area contributed by atoms with E-state index in [0.717, 1.165) is 11.3 Å². The molecule has 0 unspecified atom stereocenters. The van der Waals surface area contributed by atoms with Gasteiger partial charge in [0.2, 0.25) is 0 Å². The molecule has 0 saturated carbocycles. The molecule has 3 N–H and O–H groups in total. The molecule has 20 heavy (non-hydrogen) atoms. The van der Waals surface area contributed by atoms with Crippen LogP contribution >= 0.6 is 11.3 Å². The summed E-state index contributed by atoms with van der Waals surface area (Å²) in [5, 5.41) is 1.85. The van der Waals surface area contributed by atoms with E-state index in [2.05, 4.69) is 5.43 Å². The fourth-order valence-electron chi connectivity index (χ4n) is 1.99. The number of thiophene rings is 1. The van der Waals surface area contributed by atoms with Crippen molar-refractivity contribution in [1.29, 1.82) is 0 Å². The Hall–Kier alpha value is -1.92. The lowest BCUT2D eigenvalue weighted by molar-refractivity contribution is 0.0957. The van der Waals surface area contributed by atoms with Crippen LogP contribution in [0.15, 0.2) is 35.7 Å². The van der Waals surface area contributed by atoms with Crippen LogP contribution in [0, 0.1) is 5.82 Å². The summed E-state index contributed by atoms with van der Waals surface area (Å²) in [7, 11) is 0. The molecule has 4 nitrogen and oxygen atoms in total. The van der Waals surface area contributed by atoms with E-state index in [1.54, 1.807) is 6.07 Å². The van der Waals surface area contributed by atoms with Crippen molar-refractivity contribution in [3.05, 3.63) is 52.0 Å². The topological polar surface area (TPSA) is 58.4 Å². The Labute approximate surface area is 121 Å². The average molecular weight is 293 g/mol. The molecule has 1 aromatic heterocycles.